The highest BCUT2D eigenvalue weighted by atomic mass is 16.5. The normalized spacial score (nSPS) is 10.4. The Kier molecular flexibility index (Phi) is 2.40. The fourth-order valence-electron chi connectivity index (χ4n) is 0.725. The highest BCUT2D eigenvalue weighted by molar-refractivity contribution is 5.85. The van der Waals surface area contributed by atoms with Gasteiger partial charge in [-0.25, -0.2) is 9.59 Å². The molecule has 0 atom stereocenters. The van der Waals surface area contributed by atoms with Crippen LogP contribution in [0.15, 0.2) is 10.9 Å². The number of nitrogens with zero attached hydrogens (tertiary/aromatic N) is 1. The van der Waals surface area contributed by atoms with Gasteiger partial charge in [-0.3, -0.25) is 0 Å². The standard InChI is InChI=1S/C6H6N2O5/c9-4(10)2-1-3(5(11)12)8-6(13)7-2/h1,4,9-10H,(H,11,12)(H,7,8,13). The quantitative estimate of drug-likeness (QED) is 0.414. The van der Waals surface area contributed by atoms with Crippen LogP contribution in [0, 0.1) is 0 Å². The Bertz CT molecular complexity index is 383. The van der Waals surface area contributed by atoms with Gasteiger partial charge in [-0.15, -0.1) is 0 Å². The first-order valence-electron chi connectivity index (χ1n) is 3.21. The van der Waals surface area contributed by atoms with E-state index >= 15 is 0 Å². The molecule has 4 N–H and O–H groups in total. The summed E-state index contributed by atoms with van der Waals surface area (Å²) >= 11 is 0. The number of aliphatic hydroxyl groups is 2. The predicted molar refractivity (Wildman–Crippen MR) is 39.0 cm³/mol. The highest BCUT2D eigenvalue weighted by Crippen LogP contribution is 2.04. The minimum atomic E-state index is -1.92. The van der Waals surface area contributed by atoms with Crippen molar-refractivity contribution in [3.63, 3.8) is 0 Å². The number of aliphatic hydroxyl groups excluding tert-OH is 1. The number of nitrogens with one attached hydrogen (secondary N) is 1. The number of carboxylic acid groups (broad SMARTS) is 1. The lowest BCUT2D eigenvalue weighted by molar-refractivity contribution is -0.0461. The lowest BCUT2D eigenvalue weighted by Crippen LogP contribution is -2.19. The van der Waals surface area contributed by atoms with Gasteiger partial charge in [0.1, 0.15) is 0 Å². The molecule has 1 heterocycles. The number of carbonyl (C=O) groups is 1. The van der Waals surface area contributed by atoms with E-state index in [1.807, 2.05) is 4.98 Å². The SMILES string of the molecule is O=C(O)c1cc(C(O)O)[nH]c(=O)n1. The monoisotopic (exact) mass is 186 g/mol. The summed E-state index contributed by atoms with van der Waals surface area (Å²) in [4.78, 5) is 26.1. The van der Waals surface area contributed by atoms with Gasteiger partial charge in [-0.2, -0.15) is 4.98 Å². The van der Waals surface area contributed by atoms with Gasteiger partial charge in [0.15, 0.2) is 12.0 Å². The number of rotatable bonds is 2. The fraction of sp³-hybridized carbons (Fsp3) is 0.167. The molecule has 0 unspecified atom stereocenters. The molecule has 7 nitrogen and oxygen atoms in total. The molecule has 7 heteroatoms. The van der Waals surface area contributed by atoms with Crippen LogP contribution in [-0.2, 0) is 0 Å². The van der Waals surface area contributed by atoms with Gasteiger partial charge in [0, 0.05) is 0 Å². The van der Waals surface area contributed by atoms with Crippen LogP contribution in [0.2, 0.25) is 0 Å². The number of hydrogen-bond acceptors (Lipinski definition) is 5. The van der Waals surface area contributed by atoms with Crippen LogP contribution in [0.4, 0.5) is 0 Å². The Morgan fingerprint density at radius 3 is 2.62 bits per heavy atom. The van der Waals surface area contributed by atoms with Crippen LogP contribution in [0.1, 0.15) is 22.5 Å². The second-order valence-corrected chi connectivity index (χ2v) is 2.21. The van der Waals surface area contributed by atoms with Crippen LogP contribution in [0.25, 0.3) is 0 Å². The van der Waals surface area contributed by atoms with E-state index in [9.17, 15) is 9.59 Å². The lowest BCUT2D eigenvalue weighted by Gasteiger charge is -2.02. The van der Waals surface area contributed by atoms with E-state index in [0.717, 1.165) is 6.07 Å². The summed E-state index contributed by atoms with van der Waals surface area (Å²) < 4.78 is 0. The van der Waals surface area contributed by atoms with E-state index in [-0.39, 0.29) is 5.69 Å². The smallest absolute Gasteiger partial charge is 0.354 e. The third-order valence-corrected chi connectivity index (χ3v) is 1.26. The molecule has 0 bridgehead atoms. The van der Waals surface area contributed by atoms with Crippen molar-refractivity contribution >= 4 is 5.97 Å². The Labute approximate surface area is 71.3 Å². The molecule has 0 amide bonds. The summed E-state index contributed by atoms with van der Waals surface area (Å²) in [6.45, 7) is 0. The zero-order chi connectivity index (χ0) is 10.0. The Balaban J connectivity index is 3.27. The molecule has 70 valence electrons. The first-order valence-corrected chi connectivity index (χ1v) is 3.21. The Hall–Kier alpha value is -1.73. The summed E-state index contributed by atoms with van der Waals surface area (Å²) in [5.41, 5.74) is -1.78. The van der Waals surface area contributed by atoms with E-state index in [1.165, 1.54) is 0 Å². The van der Waals surface area contributed by atoms with Crippen molar-refractivity contribution in [2.45, 2.75) is 6.29 Å². The zero-order valence-electron chi connectivity index (χ0n) is 6.26. The molecule has 0 aliphatic rings. The maximum Gasteiger partial charge on any atom is 0.354 e. The first kappa shape index (κ1) is 9.36. The van der Waals surface area contributed by atoms with Crippen LogP contribution in [0.5, 0.6) is 0 Å². The van der Waals surface area contributed by atoms with Crippen LogP contribution in [-0.4, -0.2) is 31.3 Å². The van der Waals surface area contributed by atoms with Gasteiger partial charge < -0.3 is 20.3 Å². The van der Waals surface area contributed by atoms with Crippen LogP contribution >= 0.6 is 0 Å². The maximum absolute atomic E-state index is 10.7. The van der Waals surface area contributed by atoms with Gasteiger partial charge in [-0.05, 0) is 6.07 Å². The average Bonchev–Trinajstić information content (AvgIpc) is 2.03. The molecule has 0 aromatic carbocycles. The van der Waals surface area contributed by atoms with E-state index in [0.29, 0.717) is 0 Å². The minimum Gasteiger partial charge on any atom is -0.477 e. The molecule has 1 rings (SSSR count). The molecular formula is C6H6N2O5. The third kappa shape index (κ3) is 2.10. The number of aromatic nitrogens is 2. The molecule has 1 aromatic rings. The van der Waals surface area contributed by atoms with Gasteiger partial charge in [-0.1, -0.05) is 0 Å². The summed E-state index contributed by atoms with van der Waals surface area (Å²) in [6, 6.07) is 0.869. The van der Waals surface area contributed by atoms with E-state index in [2.05, 4.69) is 4.98 Å². The minimum absolute atomic E-state index is 0.308. The first-order chi connectivity index (χ1) is 6.00. The topological polar surface area (TPSA) is 124 Å². The van der Waals surface area contributed by atoms with Gasteiger partial charge in [0.2, 0.25) is 0 Å². The number of hydrogen-bond donors (Lipinski definition) is 4. The highest BCUT2D eigenvalue weighted by Gasteiger charge is 2.11. The van der Waals surface area contributed by atoms with Crippen molar-refractivity contribution in [2.75, 3.05) is 0 Å². The zero-order valence-corrected chi connectivity index (χ0v) is 6.26. The van der Waals surface area contributed by atoms with Crippen molar-refractivity contribution in [3.8, 4) is 0 Å². The van der Waals surface area contributed by atoms with Crippen LogP contribution < -0.4 is 5.69 Å². The van der Waals surface area contributed by atoms with Crippen LogP contribution in [0.3, 0.4) is 0 Å². The number of H-pyrrole nitrogens is 1. The summed E-state index contributed by atoms with van der Waals surface area (Å²) in [5, 5.41) is 25.7. The van der Waals surface area contributed by atoms with Crippen molar-refractivity contribution in [3.05, 3.63) is 27.9 Å². The van der Waals surface area contributed by atoms with Crippen molar-refractivity contribution < 1.29 is 20.1 Å². The second-order valence-electron chi connectivity index (χ2n) is 2.21. The Morgan fingerprint density at radius 1 is 1.54 bits per heavy atom. The second kappa shape index (κ2) is 3.33. The molecule has 0 saturated heterocycles. The van der Waals surface area contributed by atoms with Crippen molar-refractivity contribution in [1.82, 2.24) is 9.97 Å². The molecule has 0 radical (unpaired) electrons. The van der Waals surface area contributed by atoms with Gasteiger partial charge in [0.25, 0.3) is 0 Å². The average molecular weight is 186 g/mol. The molecule has 0 fully saturated rings. The molecule has 0 aliphatic carbocycles. The number of aromatic amines is 1. The van der Waals surface area contributed by atoms with Gasteiger partial charge in [0.05, 0.1) is 5.69 Å². The summed E-state index contributed by atoms with van der Waals surface area (Å²) in [7, 11) is 0. The third-order valence-electron chi connectivity index (χ3n) is 1.26. The molecule has 13 heavy (non-hydrogen) atoms. The lowest BCUT2D eigenvalue weighted by atomic mass is 10.3. The predicted octanol–water partition coefficient (Wildman–Crippen LogP) is -1.55. The maximum atomic E-state index is 10.7. The fourth-order valence-corrected chi connectivity index (χ4v) is 0.725. The molecule has 1 aromatic heterocycles. The molecule has 0 spiro atoms. The van der Waals surface area contributed by atoms with E-state index < -0.39 is 23.6 Å². The van der Waals surface area contributed by atoms with E-state index in [4.69, 9.17) is 15.3 Å². The molecule has 0 aliphatic heterocycles. The summed E-state index contributed by atoms with van der Waals surface area (Å²) in [5.74, 6) is -1.41. The van der Waals surface area contributed by atoms with Crippen molar-refractivity contribution in [1.29, 1.82) is 0 Å². The number of aromatic carboxylic acids is 1. The largest absolute Gasteiger partial charge is 0.477 e. The Morgan fingerprint density at radius 2 is 2.15 bits per heavy atom. The summed E-state index contributed by atoms with van der Waals surface area (Å²) in [6.07, 6.45) is -1.92. The van der Waals surface area contributed by atoms with Gasteiger partial charge >= 0.3 is 11.7 Å². The van der Waals surface area contributed by atoms with E-state index in [1.54, 1.807) is 0 Å². The molecular weight excluding hydrogens is 180 g/mol. The number of carboxylic acids is 1. The molecule has 0 saturated carbocycles. The van der Waals surface area contributed by atoms with Crippen molar-refractivity contribution in [2.24, 2.45) is 0 Å².